The summed E-state index contributed by atoms with van der Waals surface area (Å²) in [4.78, 5) is 46.0. The molecule has 2 heterocycles. The number of nitrogens with zero attached hydrogens (tertiary/aromatic N) is 1. The molecule has 5 aromatic rings. The van der Waals surface area contributed by atoms with Gasteiger partial charge in [0.05, 0.1) is 11.4 Å². The number of amides is 3. The van der Waals surface area contributed by atoms with Crippen LogP contribution in [-0.4, -0.2) is 28.5 Å². The number of rotatable bonds is 10. The largest absolute Gasteiger partial charge is 0.321 e. The number of thiophene rings is 1. The first-order valence-electron chi connectivity index (χ1n) is 12.9. The zero-order valence-corrected chi connectivity index (χ0v) is 24.9. The summed E-state index contributed by atoms with van der Waals surface area (Å²) in [6, 6.07) is 29.5. The first-order valence-corrected chi connectivity index (χ1v) is 15.6. The van der Waals surface area contributed by atoms with Gasteiger partial charge in [-0.05, 0) is 54.8 Å². The van der Waals surface area contributed by atoms with Crippen LogP contribution in [0.25, 0.3) is 17.3 Å². The Labute approximate surface area is 255 Å². The highest BCUT2D eigenvalue weighted by atomic mass is 32.2. The number of carbonyl (C=O) groups is 3. The van der Waals surface area contributed by atoms with Crippen molar-refractivity contribution < 1.29 is 14.4 Å². The van der Waals surface area contributed by atoms with Gasteiger partial charge in [0.25, 0.3) is 11.8 Å². The fourth-order valence-corrected chi connectivity index (χ4v) is 6.20. The van der Waals surface area contributed by atoms with E-state index in [2.05, 4.69) is 20.9 Å². The van der Waals surface area contributed by atoms with Crippen LogP contribution in [0.15, 0.2) is 113 Å². The van der Waals surface area contributed by atoms with Crippen molar-refractivity contribution in [2.24, 2.45) is 0 Å². The summed E-state index contributed by atoms with van der Waals surface area (Å²) >= 11 is 4.25. The molecule has 0 fully saturated rings. The Bertz CT molecular complexity index is 1720. The Kier molecular flexibility index (Phi) is 9.60. The number of carbonyl (C=O) groups excluding carboxylic acids is 3. The van der Waals surface area contributed by atoms with Crippen LogP contribution in [0.3, 0.4) is 0 Å². The number of aryl methyl sites for hydroxylation is 1. The van der Waals surface area contributed by atoms with Crippen LogP contribution in [0.2, 0.25) is 0 Å². The Morgan fingerprint density at radius 1 is 0.881 bits per heavy atom. The second-order valence-corrected chi connectivity index (χ2v) is 12.2. The average Bonchev–Trinajstić information content (AvgIpc) is 3.66. The summed E-state index contributed by atoms with van der Waals surface area (Å²) in [6.45, 7) is 1.98. The standard InChI is InChI=1S/C32H26N4O3S3/c1-21-29(22-10-4-2-5-11-22)36-32(42-21)35-28(37)20-41-25-15-8-14-24(18-25)33-31(39)27(19-26-16-9-17-40-26)34-30(38)23-12-6-3-7-13-23/h2-19H,20H2,1H3,(H,33,39)(H,34,38)(H,35,36,37)/b27-19-. The van der Waals surface area contributed by atoms with E-state index in [0.29, 0.717) is 16.4 Å². The third kappa shape index (κ3) is 7.82. The fraction of sp³-hybridized carbons (Fsp3) is 0.0625. The van der Waals surface area contributed by atoms with Gasteiger partial charge >= 0.3 is 0 Å². The lowest BCUT2D eigenvalue weighted by atomic mass is 10.1. The predicted molar refractivity (Wildman–Crippen MR) is 173 cm³/mol. The van der Waals surface area contributed by atoms with Crippen molar-refractivity contribution >= 4 is 69.1 Å². The minimum atomic E-state index is -0.457. The minimum absolute atomic E-state index is 0.123. The zero-order valence-electron chi connectivity index (χ0n) is 22.5. The van der Waals surface area contributed by atoms with Gasteiger partial charge < -0.3 is 16.0 Å². The first kappa shape index (κ1) is 29.0. The molecule has 0 aliphatic heterocycles. The van der Waals surface area contributed by atoms with E-state index in [9.17, 15) is 14.4 Å². The molecule has 42 heavy (non-hydrogen) atoms. The van der Waals surface area contributed by atoms with Crippen molar-refractivity contribution in [2.75, 3.05) is 16.4 Å². The van der Waals surface area contributed by atoms with E-state index in [1.165, 1.54) is 34.4 Å². The van der Waals surface area contributed by atoms with Crippen LogP contribution in [0, 0.1) is 6.92 Å². The lowest BCUT2D eigenvalue weighted by Crippen LogP contribution is -2.30. The van der Waals surface area contributed by atoms with E-state index in [1.54, 1.807) is 48.5 Å². The molecular formula is C32H26N4O3S3. The third-order valence-electron chi connectivity index (χ3n) is 5.91. The maximum absolute atomic E-state index is 13.3. The molecule has 0 spiro atoms. The average molecular weight is 611 g/mol. The lowest BCUT2D eigenvalue weighted by Gasteiger charge is -2.12. The molecule has 10 heteroatoms. The van der Waals surface area contributed by atoms with E-state index in [-0.39, 0.29) is 23.3 Å². The quantitative estimate of drug-likeness (QED) is 0.114. The van der Waals surface area contributed by atoms with Gasteiger partial charge in [0.1, 0.15) is 5.70 Å². The van der Waals surface area contributed by atoms with Gasteiger partial charge in [-0.3, -0.25) is 14.4 Å². The first-order chi connectivity index (χ1) is 20.4. The van der Waals surface area contributed by atoms with Crippen LogP contribution in [0.4, 0.5) is 10.8 Å². The van der Waals surface area contributed by atoms with Crippen LogP contribution in [0.5, 0.6) is 0 Å². The van der Waals surface area contributed by atoms with E-state index < -0.39 is 5.91 Å². The molecule has 0 bridgehead atoms. The Morgan fingerprint density at radius 2 is 1.64 bits per heavy atom. The molecule has 0 radical (unpaired) electrons. The van der Waals surface area contributed by atoms with Gasteiger partial charge in [0.15, 0.2) is 5.13 Å². The van der Waals surface area contributed by atoms with Gasteiger partial charge in [0, 0.05) is 31.5 Å². The number of anilines is 2. The van der Waals surface area contributed by atoms with Gasteiger partial charge in [-0.25, -0.2) is 4.98 Å². The van der Waals surface area contributed by atoms with E-state index in [4.69, 9.17) is 0 Å². The topological polar surface area (TPSA) is 100 Å². The summed E-state index contributed by atoms with van der Waals surface area (Å²) in [5.41, 5.74) is 2.98. The molecular weight excluding hydrogens is 585 g/mol. The lowest BCUT2D eigenvalue weighted by molar-refractivity contribution is -0.114. The summed E-state index contributed by atoms with van der Waals surface area (Å²) < 4.78 is 0. The second-order valence-electron chi connectivity index (χ2n) is 9.00. The second kappa shape index (κ2) is 13.9. The van der Waals surface area contributed by atoms with E-state index in [1.807, 2.05) is 66.9 Å². The molecule has 0 saturated heterocycles. The molecule has 0 saturated carbocycles. The molecule has 5 rings (SSSR count). The van der Waals surface area contributed by atoms with Crippen molar-refractivity contribution in [1.82, 2.24) is 10.3 Å². The zero-order chi connectivity index (χ0) is 29.3. The normalized spacial score (nSPS) is 11.1. The minimum Gasteiger partial charge on any atom is -0.321 e. The molecule has 0 aliphatic rings. The van der Waals surface area contributed by atoms with Crippen molar-refractivity contribution in [3.8, 4) is 11.3 Å². The molecule has 3 N–H and O–H groups in total. The molecule has 3 amide bonds. The molecule has 0 atom stereocenters. The maximum Gasteiger partial charge on any atom is 0.272 e. The highest BCUT2D eigenvalue weighted by Gasteiger charge is 2.16. The molecule has 210 valence electrons. The van der Waals surface area contributed by atoms with E-state index >= 15 is 0 Å². The van der Waals surface area contributed by atoms with Crippen molar-refractivity contribution in [1.29, 1.82) is 0 Å². The summed E-state index contributed by atoms with van der Waals surface area (Å²) in [7, 11) is 0. The Hall–Kier alpha value is -4.51. The van der Waals surface area contributed by atoms with Crippen LogP contribution in [0.1, 0.15) is 20.1 Å². The number of hydrogen-bond donors (Lipinski definition) is 3. The van der Waals surface area contributed by atoms with Crippen molar-refractivity contribution in [3.05, 3.63) is 123 Å². The number of thioether (sulfide) groups is 1. The molecule has 3 aromatic carbocycles. The van der Waals surface area contributed by atoms with Crippen LogP contribution >= 0.6 is 34.4 Å². The third-order valence-corrected chi connectivity index (χ3v) is 8.61. The van der Waals surface area contributed by atoms with Gasteiger partial charge in [-0.2, -0.15) is 0 Å². The monoisotopic (exact) mass is 610 g/mol. The van der Waals surface area contributed by atoms with Crippen molar-refractivity contribution in [2.45, 2.75) is 11.8 Å². The highest BCUT2D eigenvalue weighted by Crippen LogP contribution is 2.30. The van der Waals surface area contributed by atoms with E-state index in [0.717, 1.165) is 25.9 Å². The fourth-order valence-electron chi connectivity index (χ4n) is 3.94. The van der Waals surface area contributed by atoms with Gasteiger partial charge in [0.2, 0.25) is 5.91 Å². The molecule has 0 aliphatic carbocycles. The molecule has 2 aromatic heterocycles. The molecule has 0 unspecified atom stereocenters. The highest BCUT2D eigenvalue weighted by molar-refractivity contribution is 8.00. The number of benzene rings is 3. The SMILES string of the molecule is Cc1sc(NC(=O)CSc2cccc(NC(=O)/C(=C/c3cccs3)NC(=O)c3ccccc3)c2)nc1-c1ccccc1. The summed E-state index contributed by atoms with van der Waals surface area (Å²) in [5.74, 6) is -0.836. The summed E-state index contributed by atoms with van der Waals surface area (Å²) in [6.07, 6.45) is 1.65. The number of aromatic nitrogens is 1. The predicted octanol–water partition coefficient (Wildman–Crippen LogP) is 7.32. The summed E-state index contributed by atoms with van der Waals surface area (Å²) in [5, 5.41) is 10.9. The number of thiazole rings is 1. The Balaban J connectivity index is 1.21. The van der Waals surface area contributed by atoms with Crippen molar-refractivity contribution in [3.63, 3.8) is 0 Å². The molecule has 7 nitrogen and oxygen atoms in total. The van der Waals surface area contributed by atoms with Gasteiger partial charge in [-0.1, -0.05) is 60.7 Å². The smallest absolute Gasteiger partial charge is 0.272 e. The number of nitrogens with one attached hydrogen (secondary N) is 3. The Morgan fingerprint density at radius 3 is 2.38 bits per heavy atom. The van der Waals surface area contributed by atoms with Gasteiger partial charge in [-0.15, -0.1) is 34.4 Å². The maximum atomic E-state index is 13.3. The van der Waals surface area contributed by atoms with Crippen LogP contribution < -0.4 is 16.0 Å². The van der Waals surface area contributed by atoms with Crippen LogP contribution in [-0.2, 0) is 9.59 Å². The number of hydrogen-bond acceptors (Lipinski definition) is 7.